The molecule has 0 bridgehead atoms. The molecule has 0 N–H and O–H groups in total. The molecule has 1 nitrogen and oxygen atoms in total. The average Bonchev–Trinajstić information content (AvgIpc) is 2.36. The van der Waals surface area contributed by atoms with Crippen LogP contribution in [0.2, 0.25) is 0 Å². The van der Waals surface area contributed by atoms with Crippen molar-refractivity contribution in [2.45, 2.75) is 47.0 Å². The molecule has 0 aromatic heterocycles. The normalized spacial score (nSPS) is 17.9. The van der Waals surface area contributed by atoms with Crippen LogP contribution in [0.1, 0.15) is 51.2 Å². The summed E-state index contributed by atoms with van der Waals surface area (Å²) in [5.41, 5.74) is 3.47. The molecule has 1 unspecified atom stereocenters. The zero-order valence-corrected chi connectivity index (χ0v) is 13.1. The molecular weight excluding hydrogens is 244 g/mol. The quantitative estimate of drug-likeness (QED) is 0.685. The second-order valence-corrected chi connectivity index (χ2v) is 6.54. The molecule has 108 valence electrons. The van der Waals surface area contributed by atoms with E-state index in [9.17, 15) is 4.79 Å². The first kappa shape index (κ1) is 15.0. The molecular formula is C19H26O. The van der Waals surface area contributed by atoms with Gasteiger partial charge in [0, 0.05) is 5.92 Å². The van der Waals surface area contributed by atoms with E-state index in [4.69, 9.17) is 0 Å². The summed E-state index contributed by atoms with van der Waals surface area (Å²) in [4.78, 5) is 12.7. The number of aryl methyl sites for hydroxylation is 1. The van der Waals surface area contributed by atoms with Crippen molar-refractivity contribution in [3.05, 3.63) is 41.0 Å². The predicted molar refractivity (Wildman–Crippen MR) is 85.5 cm³/mol. The fraction of sp³-hybridized carbons (Fsp3) is 0.526. The van der Waals surface area contributed by atoms with Gasteiger partial charge in [0.05, 0.1) is 0 Å². The molecule has 1 aromatic carbocycles. The van der Waals surface area contributed by atoms with E-state index in [1.165, 1.54) is 24.8 Å². The summed E-state index contributed by atoms with van der Waals surface area (Å²) in [5, 5.41) is 0. The SMILES string of the molecule is Cc1ccc(/C=C(\C(=O)C(C)C(C)C)C2CCC2)cc1. The number of Topliss-reactive ketones (excluding diaryl/α,β-unsaturated/α-hetero) is 1. The van der Waals surface area contributed by atoms with Crippen LogP contribution in [0.25, 0.3) is 6.08 Å². The first-order valence-electron chi connectivity index (χ1n) is 7.81. The molecule has 1 atom stereocenters. The van der Waals surface area contributed by atoms with Crippen LogP contribution in [0.3, 0.4) is 0 Å². The fourth-order valence-corrected chi connectivity index (χ4v) is 2.52. The van der Waals surface area contributed by atoms with Gasteiger partial charge in [-0.3, -0.25) is 4.79 Å². The molecule has 0 spiro atoms. The topological polar surface area (TPSA) is 17.1 Å². The van der Waals surface area contributed by atoms with Gasteiger partial charge in [-0.15, -0.1) is 0 Å². The van der Waals surface area contributed by atoms with Crippen molar-refractivity contribution in [3.8, 4) is 0 Å². The zero-order chi connectivity index (χ0) is 14.7. The van der Waals surface area contributed by atoms with Gasteiger partial charge in [0.25, 0.3) is 0 Å². The summed E-state index contributed by atoms with van der Waals surface area (Å²) in [6, 6.07) is 8.45. The third kappa shape index (κ3) is 3.39. The molecule has 1 aliphatic carbocycles. The van der Waals surface area contributed by atoms with Crippen molar-refractivity contribution in [2.24, 2.45) is 17.8 Å². The van der Waals surface area contributed by atoms with Gasteiger partial charge in [-0.25, -0.2) is 0 Å². The lowest BCUT2D eigenvalue weighted by molar-refractivity contribution is -0.120. The minimum atomic E-state index is 0.118. The van der Waals surface area contributed by atoms with E-state index in [2.05, 4.69) is 58.0 Å². The Morgan fingerprint density at radius 1 is 1.15 bits per heavy atom. The van der Waals surface area contributed by atoms with Crippen LogP contribution in [0.15, 0.2) is 29.8 Å². The molecule has 0 amide bonds. The summed E-state index contributed by atoms with van der Waals surface area (Å²) in [6.07, 6.45) is 5.74. The number of ketones is 1. The minimum absolute atomic E-state index is 0.118. The Morgan fingerprint density at radius 3 is 2.20 bits per heavy atom. The number of rotatable bonds is 5. The van der Waals surface area contributed by atoms with Crippen molar-refractivity contribution in [3.63, 3.8) is 0 Å². The third-order valence-corrected chi connectivity index (χ3v) is 4.64. The van der Waals surface area contributed by atoms with Crippen molar-refractivity contribution in [2.75, 3.05) is 0 Å². The largest absolute Gasteiger partial charge is 0.294 e. The van der Waals surface area contributed by atoms with Crippen molar-refractivity contribution < 1.29 is 4.79 Å². The molecule has 20 heavy (non-hydrogen) atoms. The maximum absolute atomic E-state index is 12.7. The lowest BCUT2D eigenvalue weighted by Gasteiger charge is -2.30. The van der Waals surface area contributed by atoms with Crippen molar-refractivity contribution >= 4 is 11.9 Å². The highest BCUT2D eigenvalue weighted by Gasteiger charge is 2.30. The highest BCUT2D eigenvalue weighted by molar-refractivity contribution is 6.01. The van der Waals surface area contributed by atoms with E-state index in [0.717, 1.165) is 11.1 Å². The number of benzene rings is 1. The smallest absolute Gasteiger partial charge is 0.162 e. The monoisotopic (exact) mass is 270 g/mol. The Balaban J connectivity index is 2.27. The molecule has 1 aromatic rings. The summed E-state index contributed by atoms with van der Waals surface area (Å²) < 4.78 is 0. The minimum Gasteiger partial charge on any atom is -0.294 e. The number of allylic oxidation sites excluding steroid dienone is 1. The fourth-order valence-electron chi connectivity index (χ4n) is 2.52. The van der Waals surface area contributed by atoms with Gasteiger partial charge in [0.2, 0.25) is 0 Å². The Hall–Kier alpha value is -1.37. The maximum Gasteiger partial charge on any atom is 0.162 e. The molecule has 0 aliphatic heterocycles. The van der Waals surface area contributed by atoms with Crippen LogP contribution in [-0.4, -0.2) is 5.78 Å². The number of carbonyl (C=O) groups is 1. The van der Waals surface area contributed by atoms with Crippen LogP contribution in [0.5, 0.6) is 0 Å². The summed E-state index contributed by atoms with van der Waals surface area (Å²) in [7, 11) is 0. The zero-order valence-electron chi connectivity index (χ0n) is 13.1. The van der Waals surface area contributed by atoms with Crippen LogP contribution in [-0.2, 0) is 4.79 Å². The number of carbonyl (C=O) groups excluding carboxylic acids is 1. The maximum atomic E-state index is 12.7. The Morgan fingerprint density at radius 2 is 1.75 bits per heavy atom. The lowest BCUT2D eigenvalue weighted by atomic mass is 9.74. The van der Waals surface area contributed by atoms with Gasteiger partial charge < -0.3 is 0 Å². The van der Waals surface area contributed by atoms with E-state index in [-0.39, 0.29) is 5.92 Å². The van der Waals surface area contributed by atoms with E-state index >= 15 is 0 Å². The van der Waals surface area contributed by atoms with Gasteiger partial charge >= 0.3 is 0 Å². The van der Waals surface area contributed by atoms with Crippen molar-refractivity contribution in [1.29, 1.82) is 0 Å². The molecule has 1 aliphatic rings. The van der Waals surface area contributed by atoms with Crippen LogP contribution in [0.4, 0.5) is 0 Å². The van der Waals surface area contributed by atoms with Gasteiger partial charge in [-0.2, -0.15) is 0 Å². The standard InChI is InChI=1S/C19H26O/c1-13(2)15(4)19(20)18(17-6-5-7-17)12-16-10-8-14(3)9-11-16/h8-13,15,17H,5-7H2,1-4H3/b18-12-. The summed E-state index contributed by atoms with van der Waals surface area (Å²) >= 11 is 0. The second-order valence-electron chi connectivity index (χ2n) is 6.54. The van der Waals surface area contributed by atoms with E-state index < -0.39 is 0 Å². The first-order chi connectivity index (χ1) is 9.49. The molecule has 2 rings (SSSR count). The number of hydrogen-bond acceptors (Lipinski definition) is 1. The average molecular weight is 270 g/mol. The highest BCUT2D eigenvalue weighted by atomic mass is 16.1. The Labute approximate surface area is 123 Å². The number of hydrogen-bond donors (Lipinski definition) is 0. The van der Waals surface area contributed by atoms with Gasteiger partial charge in [0.15, 0.2) is 5.78 Å². The molecule has 0 radical (unpaired) electrons. The molecule has 0 saturated heterocycles. The summed E-state index contributed by atoms with van der Waals surface area (Å²) in [6.45, 7) is 8.42. The molecule has 0 heterocycles. The Kier molecular flexibility index (Phi) is 4.80. The third-order valence-electron chi connectivity index (χ3n) is 4.64. The lowest BCUT2D eigenvalue weighted by Crippen LogP contribution is -2.26. The van der Waals surface area contributed by atoms with Gasteiger partial charge in [0.1, 0.15) is 0 Å². The summed E-state index contributed by atoms with van der Waals surface area (Å²) in [5.74, 6) is 1.37. The molecule has 1 fully saturated rings. The van der Waals surface area contributed by atoms with Crippen LogP contribution in [0, 0.1) is 24.7 Å². The second kappa shape index (κ2) is 6.39. The van der Waals surface area contributed by atoms with Gasteiger partial charge in [-0.05, 0) is 48.8 Å². The van der Waals surface area contributed by atoms with Crippen LogP contribution >= 0.6 is 0 Å². The predicted octanol–water partition coefficient (Wildman–Crippen LogP) is 5.04. The Bertz CT molecular complexity index is 489. The van der Waals surface area contributed by atoms with E-state index in [0.29, 0.717) is 17.6 Å². The first-order valence-corrected chi connectivity index (χ1v) is 7.81. The highest BCUT2D eigenvalue weighted by Crippen LogP contribution is 2.36. The van der Waals surface area contributed by atoms with Crippen LogP contribution < -0.4 is 0 Å². The van der Waals surface area contributed by atoms with Gasteiger partial charge in [-0.1, -0.05) is 57.0 Å². The van der Waals surface area contributed by atoms with E-state index in [1.54, 1.807) is 0 Å². The van der Waals surface area contributed by atoms with Crippen molar-refractivity contribution in [1.82, 2.24) is 0 Å². The molecule has 1 saturated carbocycles. The molecule has 1 heteroatoms. The van der Waals surface area contributed by atoms with E-state index in [1.807, 2.05) is 0 Å².